The maximum Gasteiger partial charge on any atom is 0.240 e. The van der Waals surface area contributed by atoms with Crippen molar-refractivity contribution in [2.45, 2.75) is 31.2 Å². The maximum absolute atomic E-state index is 12.5. The smallest absolute Gasteiger partial charge is 0.240 e. The molecule has 2 N–H and O–H groups in total. The Balaban J connectivity index is 2.01. The molecule has 134 valence electrons. The van der Waals surface area contributed by atoms with Crippen LogP contribution in [0.5, 0.6) is 0 Å². The Morgan fingerprint density at radius 2 is 1.79 bits per heavy atom. The first-order chi connectivity index (χ1) is 11.2. The summed E-state index contributed by atoms with van der Waals surface area (Å²) in [6, 6.07) is 6.11. The number of amides is 1. The van der Waals surface area contributed by atoms with E-state index >= 15 is 0 Å². The molecule has 24 heavy (non-hydrogen) atoms. The zero-order valence-corrected chi connectivity index (χ0v) is 15.1. The van der Waals surface area contributed by atoms with Crippen molar-refractivity contribution in [3.8, 4) is 0 Å². The van der Waals surface area contributed by atoms with Gasteiger partial charge in [0.1, 0.15) is 0 Å². The highest BCUT2D eigenvalue weighted by Crippen LogP contribution is 2.18. The Morgan fingerprint density at radius 1 is 1.21 bits per heavy atom. The molecule has 1 fully saturated rings. The van der Waals surface area contributed by atoms with Crippen LogP contribution in [0.15, 0.2) is 29.2 Å². The second-order valence-corrected chi connectivity index (χ2v) is 8.21. The summed E-state index contributed by atoms with van der Waals surface area (Å²) in [7, 11) is -3.60. The third-order valence-corrected chi connectivity index (χ3v) is 5.46. The predicted molar refractivity (Wildman–Crippen MR) is 92.4 cm³/mol. The molecule has 8 heteroatoms. The van der Waals surface area contributed by atoms with E-state index in [0.29, 0.717) is 25.4 Å². The van der Waals surface area contributed by atoms with Crippen molar-refractivity contribution < 1.29 is 17.9 Å². The van der Waals surface area contributed by atoms with Gasteiger partial charge in [0.15, 0.2) is 0 Å². The molecule has 7 nitrogen and oxygen atoms in total. The third kappa shape index (κ3) is 5.01. The molecule has 0 unspecified atom stereocenters. The minimum absolute atomic E-state index is 0.175. The molecule has 1 heterocycles. The fraction of sp³-hybridized carbons (Fsp3) is 0.562. The van der Waals surface area contributed by atoms with E-state index in [-0.39, 0.29) is 16.3 Å². The van der Waals surface area contributed by atoms with Crippen LogP contribution in [0.1, 0.15) is 20.8 Å². The van der Waals surface area contributed by atoms with E-state index in [2.05, 4.69) is 14.9 Å². The zero-order valence-electron chi connectivity index (χ0n) is 14.3. The Bertz CT molecular complexity index is 665. The fourth-order valence-electron chi connectivity index (χ4n) is 2.56. The lowest BCUT2D eigenvalue weighted by molar-refractivity contribution is -0.114. The second-order valence-electron chi connectivity index (χ2n) is 6.44. The minimum atomic E-state index is -3.60. The summed E-state index contributed by atoms with van der Waals surface area (Å²) in [4.78, 5) is 13.4. The van der Waals surface area contributed by atoms with Crippen LogP contribution in [0.3, 0.4) is 0 Å². The molecule has 0 radical (unpaired) electrons. The molecule has 1 aliphatic rings. The molecular weight excluding hydrogens is 330 g/mol. The number of anilines is 1. The molecule has 1 aliphatic heterocycles. The molecular formula is C16H25N3O4S. The first kappa shape index (κ1) is 18.9. The van der Waals surface area contributed by atoms with E-state index in [1.807, 2.05) is 13.8 Å². The topological polar surface area (TPSA) is 87.7 Å². The van der Waals surface area contributed by atoms with Crippen LogP contribution in [0.2, 0.25) is 0 Å². The van der Waals surface area contributed by atoms with Gasteiger partial charge in [-0.3, -0.25) is 9.69 Å². The molecule has 0 aliphatic carbocycles. The summed E-state index contributed by atoms with van der Waals surface area (Å²) in [5.41, 5.74) is 0.266. The summed E-state index contributed by atoms with van der Waals surface area (Å²) in [5, 5.41) is 2.61. The van der Waals surface area contributed by atoms with E-state index in [4.69, 9.17) is 4.74 Å². The van der Waals surface area contributed by atoms with Gasteiger partial charge in [0.25, 0.3) is 0 Å². The number of benzene rings is 1. The largest absolute Gasteiger partial charge is 0.379 e. The van der Waals surface area contributed by atoms with E-state index in [1.54, 1.807) is 12.1 Å². The normalized spacial score (nSPS) is 16.8. The highest BCUT2D eigenvalue weighted by molar-refractivity contribution is 7.89. The first-order valence-corrected chi connectivity index (χ1v) is 9.39. The highest BCUT2D eigenvalue weighted by Gasteiger charge is 2.29. The Hall–Kier alpha value is -1.48. The number of carbonyl (C=O) groups excluding carboxylic acids is 1. The molecule has 2 rings (SSSR count). The van der Waals surface area contributed by atoms with Gasteiger partial charge in [-0.05, 0) is 38.1 Å². The summed E-state index contributed by atoms with van der Waals surface area (Å²) >= 11 is 0. The van der Waals surface area contributed by atoms with Gasteiger partial charge in [0.2, 0.25) is 15.9 Å². The van der Waals surface area contributed by atoms with Gasteiger partial charge in [-0.1, -0.05) is 0 Å². The van der Waals surface area contributed by atoms with Gasteiger partial charge >= 0.3 is 0 Å². The standard InChI is InChI=1S/C16H25N3O4S/c1-13(20)18-14-4-6-15(7-5-14)24(21,22)17-12-16(2,3)19-8-10-23-11-9-19/h4-7,17H,8-12H2,1-3H3,(H,18,20). The number of morpholine rings is 1. The van der Waals surface area contributed by atoms with Crippen LogP contribution < -0.4 is 10.0 Å². The summed E-state index contributed by atoms with van der Waals surface area (Å²) in [6.07, 6.45) is 0. The highest BCUT2D eigenvalue weighted by atomic mass is 32.2. The molecule has 1 amide bonds. The van der Waals surface area contributed by atoms with Crippen LogP contribution in [-0.2, 0) is 19.6 Å². The number of nitrogens with one attached hydrogen (secondary N) is 2. The number of rotatable bonds is 6. The van der Waals surface area contributed by atoms with Crippen molar-refractivity contribution in [3.05, 3.63) is 24.3 Å². The van der Waals surface area contributed by atoms with E-state index in [9.17, 15) is 13.2 Å². The molecule has 0 aromatic heterocycles. The van der Waals surface area contributed by atoms with Crippen LogP contribution in [0.4, 0.5) is 5.69 Å². The molecule has 1 aromatic rings. The average Bonchev–Trinajstić information content (AvgIpc) is 2.54. The van der Waals surface area contributed by atoms with Crippen molar-refractivity contribution in [2.24, 2.45) is 0 Å². The lowest BCUT2D eigenvalue weighted by atomic mass is 10.0. The number of carbonyl (C=O) groups is 1. The van der Waals surface area contributed by atoms with Gasteiger partial charge in [-0.25, -0.2) is 13.1 Å². The number of hydrogen-bond donors (Lipinski definition) is 2. The van der Waals surface area contributed by atoms with Crippen molar-refractivity contribution in [2.75, 3.05) is 38.2 Å². The van der Waals surface area contributed by atoms with E-state index < -0.39 is 10.0 Å². The predicted octanol–water partition coefficient (Wildman–Crippen LogP) is 1.03. The first-order valence-electron chi connectivity index (χ1n) is 7.91. The molecule has 1 saturated heterocycles. The molecule has 0 bridgehead atoms. The van der Waals surface area contributed by atoms with Gasteiger partial charge in [0, 0.05) is 37.8 Å². The number of hydrogen-bond acceptors (Lipinski definition) is 5. The molecule has 0 atom stereocenters. The summed E-state index contributed by atoms with van der Waals surface area (Å²) < 4.78 is 32.9. The summed E-state index contributed by atoms with van der Waals surface area (Å²) in [5.74, 6) is -0.198. The Morgan fingerprint density at radius 3 is 2.33 bits per heavy atom. The van der Waals surface area contributed by atoms with Crippen LogP contribution >= 0.6 is 0 Å². The Kier molecular flexibility index (Phi) is 5.97. The Labute approximate surface area is 143 Å². The zero-order chi connectivity index (χ0) is 17.8. The number of ether oxygens (including phenoxy) is 1. The van der Waals surface area contributed by atoms with E-state index in [0.717, 1.165) is 13.1 Å². The average molecular weight is 355 g/mol. The molecule has 1 aromatic carbocycles. The fourth-order valence-corrected chi connectivity index (χ4v) is 3.76. The SMILES string of the molecule is CC(=O)Nc1ccc(S(=O)(=O)NCC(C)(C)N2CCOCC2)cc1. The maximum atomic E-state index is 12.5. The third-order valence-electron chi connectivity index (χ3n) is 4.05. The quantitative estimate of drug-likeness (QED) is 0.796. The van der Waals surface area contributed by atoms with Crippen molar-refractivity contribution in [1.29, 1.82) is 0 Å². The van der Waals surface area contributed by atoms with Crippen LogP contribution in [0, 0.1) is 0 Å². The summed E-state index contributed by atoms with van der Waals surface area (Å²) in [6.45, 7) is 8.66. The van der Waals surface area contributed by atoms with Crippen LogP contribution in [0.25, 0.3) is 0 Å². The van der Waals surface area contributed by atoms with Gasteiger partial charge in [0.05, 0.1) is 18.1 Å². The molecule has 0 spiro atoms. The van der Waals surface area contributed by atoms with E-state index in [1.165, 1.54) is 19.1 Å². The monoisotopic (exact) mass is 355 g/mol. The number of nitrogens with zero attached hydrogens (tertiary/aromatic N) is 1. The van der Waals surface area contributed by atoms with Crippen LogP contribution in [-0.4, -0.2) is 57.6 Å². The van der Waals surface area contributed by atoms with Crippen molar-refractivity contribution in [3.63, 3.8) is 0 Å². The lowest BCUT2D eigenvalue weighted by Crippen LogP contribution is -2.55. The van der Waals surface area contributed by atoms with Crippen molar-refractivity contribution in [1.82, 2.24) is 9.62 Å². The van der Waals surface area contributed by atoms with Gasteiger partial charge in [-0.2, -0.15) is 0 Å². The number of sulfonamides is 1. The second kappa shape index (κ2) is 7.60. The van der Waals surface area contributed by atoms with Gasteiger partial charge < -0.3 is 10.1 Å². The minimum Gasteiger partial charge on any atom is -0.379 e. The van der Waals surface area contributed by atoms with Gasteiger partial charge in [-0.15, -0.1) is 0 Å². The lowest BCUT2D eigenvalue weighted by Gasteiger charge is -2.40. The van der Waals surface area contributed by atoms with Crippen molar-refractivity contribution >= 4 is 21.6 Å². The molecule has 0 saturated carbocycles.